The van der Waals surface area contributed by atoms with Gasteiger partial charge in [-0.15, -0.1) is 0 Å². The minimum atomic E-state index is -1.27. The van der Waals surface area contributed by atoms with E-state index in [4.69, 9.17) is 4.42 Å². The minimum absolute atomic E-state index is 0.0309. The third-order valence-electron chi connectivity index (χ3n) is 7.87. The van der Waals surface area contributed by atoms with Crippen LogP contribution >= 0.6 is 0 Å². The molecule has 1 saturated heterocycles. The number of aromatic amines is 1. The number of hydrogen-bond donors (Lipinski definition) is 3. The molecule has 1 atom stereocenters. The Morgan fingerprint density at radius 2 is 1.49 bits per heavy atom. The molecule has 5 aromatic rings. The number of oxazole rings is 1. The summed E-state index contributed by atoms with van der Waals surface area (Å²) in [7, 11) is 0. The highest BCUT2D eigenvalue weighted by Crippen LogP contribution is 2.35. The van der Waals surface area contributed by atoms with Crippen LogP contribution in [0.15, 0.2) is 95.7 Å². The summed E-state index contributed by atoms with van der Waals surface area (Å²) < 4.78 is 5.44. The van der Waals surface area contributed by atoms with E-state index in [1.165, 1.54) is 11.1 Å². The Balaban J connectivity index is 1.17. The van der Waals surface area contributed by atoms with Crippen LogP contribution in [0, 0.1) is 0 Å². The van der Waals surface area contributed by atoms with Crippen molar-refractivity contribution < 1.29 is 23.9 Å². The number of piperazine rings is 1. The highest BCUT2D eigenvalue weighted by molar-refractivity contribution is 6.11. The van der Waals surface area contributed by atoms with Crippen molar-refractivity contribution in [2.75, 3.05) is 26.2 Å². The summed E-state index contributed by atoms with van der Waals surface area (Å²) >= 11 is 0. The first-order valence-corrected chi connectivity index (χ1v) is 14.1. The molecule has 0 aliphatic carbocycles. The van der Waals surface area contributed by atoms with Crippen molar-refractivity contribution in [2.45, 2.75) is 19.0 Å². The van der Waals surface area contributed by atoms with Crippen LogP contribution in [-0.4, -0.2) is 74.9 Å². The zero-order valence-corrected chi connectivity index (χ0v) is 23.6. The predicted octanol–water partition coefficient (Wildman–Crippen LogP) is 4.57. The van der Waals surface area contributed by atoms with Crippen LogP contribution in [0.1, 0.15) is 45.1 Å². The van der Waals surface area contributed by atoms with Gasteiger partial charge in [0.05, 0.1) is 11.6 Å². The summed E-state index contributed by atoms with van der Waals surface area (Å²) in [5.41, 5.74) is 3.09. The van der Waals surface area contributed by atoms with Gasteiger partial charge in [0.2, 0.25) is 5.91 Å². The van der Waals surface area contributed by atoms with E-state index in [0.29, 0.717) is 37.1 Å². The predicted molar refractivity (Wildman–Crippen MR) is 161 cm³/mol. The summed E-state index contributed by atoms with van der Waals surface area (Å²) in [5, 5.41) is 13.0. The zero-order valence-electron chi connectivity index (χ0n) is 23.6. The second-order valence-corrected chi connectivity index (χ2v) is 10.5. The van der Waals surface area contributed by atoms with E-state index in [2.05, 4.69) is 44.5 Å². The van der Waals surface area contributed by atoms with Crippen molar-refractivity contribution in [1.82, 2.24) is 25.1 Å². The molecule has 43 heavy (non-hydrogen) atoms. The van der Waals surface area contributed by atoms with Gasteiger partial charge in [-0.3, -0.25) is 14.5 Å². The lowest BCUT2D eigenvalue weighted by molar-refractivity contribution is -0.134. The van der Waals surface area contributed by atoms with Gasteiger partial charge in [0.1, 0.15) is 11.7 Å². The standard InChI is InChI=1S/C33H31N5O5/c1-21(35-31(39)27-26(24-14-8-9-15-25(24)36-27)30-28(33(41)42)34-20-43-30)32(40)38-18-16-37(17-19-38)29(22-10-4-2-5-11-22)23-12-6-3-7-13-23/h2-15,20-21,29,36H,16-19H2,1H3,(H,35,39)(H,41,42)/t21-/m0/s1. The fourth-order valence-corrected chi connectivity index (χ4v) is 5.81. The summed E-state index contributed by atoms with van der Waals surface area (Å²) in [6, 6.07) is 27.1. The lowest BCUT2D eigenvalue weighted by Gasteiger charge is -2.40. The zero-order chi connectivity index (χ0) is 29.9. The topological polar surface area (TPSA) is 132 Å². The maximum atomic E-state index is 13.5. The molecule has 3 N–H and O–H groups in total. The summed E-state index contributed by atoms with van der Waals surface area (Å²) in [4.78, 5) is 49.8. The number of rotatable bonds is 8. The SMILES string of the molecule is C[C@H](NC(=O)c1[nH]c2ccccc2c1-c1ocnc1C(=O)O)C(=O)N1CCN(C(c2ccccc2)c2ccccc2)CC1. The van der Waals surface area contributed by atoms with Gasteiger partial charge >= 0.3 is 5.97 Å². The smallest absolute Gasteiger partial charge is 0.358 e. The fraction of sp³-hybridized carbons (Fsp3) is 0.212. The number of carboxylic acids is 1. The fourth-order valence-electron chi connectivity index (χ4n) is 5.81. The number of nitrogens with zero attached hydrogens (tertiary/aromatic N) is 3. The molecule has 3 aromatic carbocycles. The average molecular weight is 578 g/mol. The molecule has 10 nitrogen and oxygen atoms in total. The molecule has 1 aliphatic rings. The Bertz CT molecular complexity index is 1720. The quantitative estimate of drug-likeness (QED) is 0.246. The molecule has 0 saturated carbocycles. The number of nitrogens with one attached hydrogen (secondary N) is 2. The molecular formula is C33H31N5O5. The number of aromatic nitrogens is 2. The number of H-pyrrole nitrogens is 1. The van der Waals surface area contributed by atoms with Gasteiger partial charge in [-0.05, 0) is 24.1 Å². The Morgan fingerprint density at radius 1 is 0.884 bits per heavy atom. The van der Waals surface area contributed by atoms with Gasteiger partial charge in [-0.25, -0.2) is 9.78 Å². The minimum Gasteiger partial charge on any atom is -0.476 e. The first-order chi connectivity index (χ1) is 20.9. The van der Waals surface area contributed by atoms with Crippen LogP contribution in [0.3, 0.4) is 0 Å². The monoisotopic (exact) mass is 577 g/mol. The van der Waals surface area contributed by atoms with Gasteiger partial charge < -0.3 is 24.7 Å². The number of amides is 2. The Labute approximate surface area is 247 Å². The second-order valence-electron chi connectivity index (χ2n) is 10.5. The number of aromatic carboxylic acids is 1. The van der Waals surface area contributed by atoms with Crippen LogP contribution < -0.4 is 5.32 Å². The Hall–Kier alpha value is -5.22. The van der Waals surface area contributed by atoms with Crippen LogP contribution in [0.25, 0.3) is 22.2 Å². The Morgan fingerprint density at radius 3 is 2.12 bits per heavy atom. The van der Waals surface area contributed by atoms with E-state index in [-0.39, 0.29) is 34.7 Å². The van der Waals surface area contributed by atoms with Crippen molar-refractivity contribution in [3.8, 4) is 11.3 Å². The van der Waals surface area contributed by atoms with Gasteiger partial charge in [-0.1, -0.05) is 78.9 Å². The Kier molecular flexibility index (Phi) is 7.76. The molecule has 0 radical (unpaired) electrons. The number of carbonyl (C=O) groups is 3. The molecule has 1 aliphatic heterocycles. The molecule has 0 spiro atoms. The van der Waals surface area contributed by atoms with E-state index < -0.39 is 17.9 Å². The van der Waals surface area contributed by atoms with Gasteiger partial charge in [-0.2, -0.15) is 0 Å². The van der Waals surface area contributed by atoms with E-state index in [0.717, 1.165) is 6.39 Å². The molecule has 6 rings (SSSR count). The third kappa shape index (κ3) is 5.52. The number of fused-ring (bicyclic) bond motifs is 1. The molecule has 10 heteroatoms. The van der Waals surface area contributed by atoms with E-state index in [1.807, 2.05) is 36.4 Å². The summed E-state index contributed by atoms with van der Waals surface area (Å²) in [6.07, 6.45) is 1.04. The number of para-hydroxylation sites is 1. The highest BCUT2D eigenvalue weighted by Gasteiger charge is 2.32. The highest BCUT2D eigenvalue weighted by atomic mass is 16.4. The van der Waals surface area contributed by atoms with Crippen molar-refractivity contribution in [3.63, 3.8) is 0 Å². The van der Waals surface area contributed by atoms with Crippen LogP contribution in [0.5, 0.6) is 0 Å². The van der Waals surface area contributed by atoms with Crippen LogP contribution in [0.4, 0.5) is 0 Å². The molecule has 1 fully saturated rings. The van der Waals surface area contributed by atoms with Gasteiger partial charge in [0.15, 0.2) is 17.8 Å². The van der Waals surface area contributed by atoms with Crippen molar-refractivity contribution in [1.29, 1.82) is 0 Å². The largest absolute Gasteiger partial charge is 0.476 e. The molecule has 0 unspecified atom stereocenters. The van der Waals surface area contributed by atoms with E-state index in [1.54, 1.807) is 36.1 Å². The lowest BCUT2D eigenvalue weighted by Crippen LogP contribution is -2.54. The van der Waals surface area contributed by atoms with Gasteiger partial charge in [0.25, 0.3) is 5.91 Å². The summed E-state index contributed by atoms with van der Waals surface area (Å²) in [5.74, 6) is -2.04. The first-order valence-electron chi connectivity index (χ1n) is 14.1. The van der Waals surface area contributed by atoms with Crippen LogP contribution in [0.2, 0.25) is 0 Å². The van der Waals surface area contributed by atoms with Crippen LogP contribution in [-0.2, 0) is 4.79 Å². The van der Waals surface area contributed by atoms with E-state index in [9.17, 15) is 19.5 Å². The van der Waals surface area contributed by atoms with Crippen molar-refractivity contribution in [3.05, 3.63) is 114 Å². The lowest BCUT2D eigenvalue weighted by atomic mass is 9.96. The molecule has 3 heterocycles. The normalized spacial score (nSPS) is 14.6. The maximum absolute atomic E-state index is 13.5. The maximum Gasteiger partial charge on any atom is 0.358 e. The molecule has 0 bridgehead atoms. The number of carbonyl (C=O) groups excluding carboxylic acids is 2. The molecular weight excluding hydrogens is 546 g/mol. The number of hydrogen-bond acceptors (Lipinski definition) is 6. The van der Waals surface area contributed by atoms with Gasteiger partial charge in [0, 0.05) is 37.1 Å². The van der Waals surface area contributed by atoms with Crippen molar-refractivity contribution in [2.24, 2.45) is 0 Å². The first kappa shape index (κ1) is 27.9. The van der Waals surface area contributed by atoms with Crippen molar-refractivity contribution >= 4 is 28.7 Å². The average Bonchev–Trinajstić information content (AvgIpc) is 3.67. The number of carboxylic acid groups (broad SMARTS) is 1. The molecule has 2 aromatic heterocycles. The summed E-state index contributed by atoms with van der Waals surface area (Å²) in [6.45, 7) is 4.05. The molecule has 218 valence electrons. The number of benzene rings is 3. The van der Waals surface area contributed by atoms with E-state index >= 15 is 0 Å². The molecule has 2 amide bonds. The third-order valence-corrected chi connectivity index (χ3v) is 7.87. The second kappa shape index (κ2) is 11.9.